The van der Waals surface area contributed by atoms with E-state index < -0.39 is 0 Å². The van der Waals surface area contributed by atoms with E-state index in [2.05, 4.69) is 17.6 Å². The third-order valence-corrected chi connectivity index (χ3v) is 3.20. The van der Waals surface area contributed by atoms with Crippen LogP contribution in [-0.4, -0.2) is 31.4 Å². The van der Waals surface area contributed by atoms with Crippen molar-refractivity contribution in [3.63, 3.8) is 0 Å². The second kappa shape index (κ2) is 5.84. The van der Waals surface area contributed by atoms with E-state index in [0.717, 1.165) is 19.3 Å². The van der Waals surface area contributed by atoms with Crippen molar-refractivity contribution in [3.8, 4) is 0 Å². The maximum Gasteiger partial charge on any atom is 0.239 e. The molecule has 0 aliphatic heterocycles. The van der Waals surface area contributed by atoms with Gasteiger partial charge in [0.05, 0.1) is 12.5 Å². The van der Waals surface area contributed by atoms with E-state index in [1.54, 1.807) is 7.05 Å². The van der Waals surface area contributed by atoms with E-state index in [4.69, 9.17) is 5.73 Å². The number of rotatable bonds is 3. The fraction of sp³-hybridized carbons (Fsp3) is 0.818. The van der Waals surface area contributed by atoms with Crippen molar-refractivity contribution >= 4 is 11.8 Å². The van der Waals surface area contributed by atoms with Crippen LogP contribution in [0.3, 0.4) is 0 Å². The SMILES string of the molecule is CNC(=O)CNC(=O)C1CC(C)CCC1N. The molecule has 1 saturated carbocycles. The van der Waals surface area contributed by atoms with Gasteiger partial charge in [0.2, 0.25) is 11.8 Å². The molecule has 3 atom stereocenters. The lowest BCUT2D eigenvalue weighted by Crippen LogP contribution is -2.47. The maximum absolute atomic E-state index is 11.8. The minimum absolute atomic E-state index is 0.0347. The predicted octanol–water partition coefficient (Wildman–Crippen LogP) is -0.388. The summed E-state index contributed by atoms with van der Waals surface area (Å²) in [6.07, 6.45) is 2.79. The smallest absolute Gasteiger partial charge is 0.239 e. The Kier molecular flexibility index (Phi) is 4.73. The van der Waals surface area contributed by atoms with Gasteiger partial charge in [-0.2, -0.15) is 0 Å². The van der Waals surface area contributed by atoms with Crippen molar-refractivity contribution in [2.75, 3.05) is 13.6 Å². The Hall–Kier alpha value is -1.10. The van der Waals surface area contributed by atoms with Gasteiger partial charge in [-0.1, -0.05) is 6.92 Å². The van der Waals surface area contributed by atoms with Gasteiger partial charge in [-0.05, 0) is 25.2 Å². The zero-order chi connectivity index (χ0) is 12.1. The summed E-state index contributed by atoms with van der Waals surface area (Å²) in [6.45, 7) is 2.16. The zero-order valence-corrected chi connectivity index (χ0v) is 9.95. The van der Waals surface area contributed by atoms with Crippen LogP contribution < -0.4 is 16.4 Å². The summed E-state index contributed by atoms with van der Waals surface area (Å²) in [5.41, 5.74) is 5.92. The highest BCUT2D eigenvalue weighted by molar-refractivity contribution is 5.86. The fourth-order valence-electron chi connectivity index (χ4n) is 2.09. The molecule has 0 spiro atoms. The number of amides is 2. The zero-order valence-electron chi connectivity index (χ0n) is 9.95. The third-order valence-electron chi connectivity index (χ3n) is 3.20. The van der Waals surface area contributed by atoms with E-state index in [1.807, 2.05) is 0 Å². The monoisotopic (exact) mass is 227 g/mol. The van der Waals surface area contributed by atoms with E-state index in [1.165, 1.54) is 0 Å². The molecule has 92 valence electrons. The van der Waals surface area contributed by atoms with Crippen molar-refractivity contribution in [2.24, 2.45) is 17.6 Å². The van der Waals surface area contributed by atoms with Crippen LogP contribution in [0.25, 0.3) is 0 Å². The first-order valence-electron chi connectivity index (χ1n) is 5.78. The fourth-order valence-corrected chi connectivity index (χ4v) is 2.09. The summed E-state index contributed by atoms with van der Waals surface area (Å²) in [5.74, 6) is 0.109. The molecule has 1 aliphatic carbocycles. The van der Waals surface area contributed by atoms with Crippen molar-refractivity contribution in [2.45, 2.75) is 32.2 Å². The van der Waals surface area contributed by atoms with E-state index >= 15 is 0 Å². The molecule has 1 aliphatic rings. The van der Waals surface area contributed by atoms with E-state index in [9.17, 15) is 9.59 Å². The second-order valence-electron chi connectivity index (χ2n) is 4.58. The number of likely N-dealkylation sites (N-methyl/N-ethyl adjacent to an activating group) is 1. The quantitative estimate of drug-likeness (QED) is 0.614. The van der Waals surface area contributed by atoms with Crippen molar-refractivity contribution in [3.05, 3.63) is 0 Å². The van der Waals surface area contributed by atoms with Gasteiger partial charge in [-0.25, -0.2) is 0 Å². The van der Waals surface area contributed by atoms with Gasteiger partial charge < -0.3 is 16.4 Å². The van der Waals surface area contributed by atoms with Gasteiger partial charge in [0.15, 0.2) is 0 Å². The summed E-state index contributed by atoms with van der Waals surface area (Å²) < 4.78 is 0. The Morgan fingerprint density at radius 1 is 1.38 bits per heavy atom. The van der Waals surface area contributed by atoms with Gasteiger partial charge in [-0.3, -0.25) is 9.59 Å². The summed E-state index contributed by atoms with van der Waals surface area (Å²) in [6, 6.07) is -0.0686. The van der Waals surface area contributed by atoms with Crippen LogP contribution in [0.1, 0.15) is 26.2 Å². The topological polar surface area (TPSA) is 84.2 Å². The maximum atomic E-state index is 11.8. The largest absolute Gasteiger partial charge is 0.358 e. The van der Waals surface area contributed by atoms with Gasteiger partial charge in [-0.15, -0.1) is 0 Å². The van der Waals surface area contributed by atoms with Crippen LogP contribution in [0.2, 0.25) is 0 Å². The lowest BCUT2D eigenvalue weighted by molar-refractivity contribution is -0.129. The Balaban J connectivity index is 2.42. The molecule has 0 radical (unpaired) electrons. The average molecular weight is 227 g/mol. The molecule has 1 fully saturated rings. The molecule has 5 nitrogen and oxygen atoms in total. The van der Waals surface area contributed by atoms with Crippen LogP contribution in [-0.2, 0) is 9.59 Å². The van der Waals surface area contributed by atoms with Crippen molar-refractivity contribution in [1.29, 1.82) is 0 Å². The molecular formula is C11H21N3O2. The Morgan fingerprint density at radius 2 is 2.06 bits per heavy atom. The van der Waals surface area contributed by atoms with Gasteiger partial charge in [0, 0.05) is 13.1 Å². The average Bonchev–Trinajstić information content (AvgIpc) is 2.28. The predicted molar refractivity (Wildman–Crippen MR) is 61.6 cm³/mol. The first-order chi connectivity index (χ1) is 7.54. The molecule has 2 amide bonds. The minimum Gasteiger partial charge on any atom is -0.358 e. The highest BCUT2D eigenvalue weighted by atomic mass is 16.2. The molecule has 4 N–H and O–H groups in total. The number of hydrogen-bond acceptors (Lipinski definition) is 3. The summed E-state index contributed by atoms with van der Waals surface area (Å²) in [4.78, 5) is 22.8. The molecule has 0 saturated heterocycles. The standard InChI is InChI=1S/C11H21N3O2/c1-7-3-4-9(12)8(5-7)11(16)14-6-10(15)13-2/h7-9H,3-6,12H2,1-2H3,(H,13,15)(H,14,16). The normalized spacial score (nSPS) is 29.6. The molecule has 3 unspecified atom stereocenters. The first kappa shape index (κ1) is 13.0. The minimum atomic E-state index is -0.189. The lowest BCUT2D eigenvalue weighted by atomic mass is 9.79. The number of nitrogens with two attached hydrogens (primary N) is 1. The summed E-state index contributed by atoms with van der Waals surface area (Å²) in [5, 5.41) is 5.08. The van der Waals surface area contributed by atoms with Crippen LogP contribution in [0, 0.1) is 11.8 Å². The van der Waals surface area contributed by atoms with Crippen LogP contribution >= 0.6 is 0 Å². The number of carbonyl (C=O) groups is 2. The molecule has 0 aromatic carbocycles. The number of hydrogen-bond donors (Lipinski definition) is 3. The van der Waals surface area contributed by atoms with Gasteiger partial charge in [0.1, 0.15) is 0 Å². The molecule has 0 heterocycles. The highest BCUT2D eigenvalue weighted by Crippen LogP contribution is 2.27. The van der Waals surface area contributed by atoms with Gasteiger partial charge in [0.25, 0.3) is 0 Å². The molecule has 1 rings (SSSR count). The second-order valence-corrected chi connectivity index (χ2v) is 4.58. The van der Waals surface area contributed by atoms with E-state index in [-0.39, 0.29) is 30.3 Å². The van der Waals surface area contributed by atoms with Gasteiger partial charge >= 0.3 is 0 Å². The molecule has 0 aromatic heterocycles. The summed E-state index contributed by atoms with van der Waals surface area (Å²) >= 11 is 0. The third kappa shape index (κ3) is 3.48. The Labute approximate surface area is 96.1 Å². The number of carbonyl (C=O) groups excluding carboxylic acids is 2. The molecule has 0 aromatic rings. The number of nitrogens with one attached hydrogen (secondary N) is 2. The molecule has 5 heteroatoms. The van der Waals surface area contributed by atoms with Crippen LogP contribution in [0.15, 0.2) is 0 Å². The van der Waals surface area contributed by atoms with Crippen LogP contribution in [0.4, 0.5) is 0 Å². The summed E-state index contributed by atoms with van der Waals surface area (Å²) in [7, 11) is 1.54. The molecular weight excluding hydrogens is 206 g/mol. The Morgan fingerprint density at radius 3 is 2.69 bits per heavy atom. The van der Waals surface area contributed by atoms with Crippen LogP contribution in [0.5, 0.6) is 0 Å². The Bertz CT molecular complexity index is 268. The molecule has 0 bridgehead atoms. The van der Waals surface area contributed by atoms with Crippen molar-refractivity contribution < 1.29 is 9.59 Å². The molecule has 16 heavy (non-hydrogen) atoms. The highest BCUT2D eigenvalue weighted by Gasteiger charge is 2.31. The first-order valence-corrected chi connectivity index (χ1v) is 5.78. The lowest BCUT2D eigenvalue weighted by Gasteiger charge is -2.31. The van der Waals surface area contributed by atoms with E-state index in [0.29, 0.717) is 5.92 Å². The van der Waals surface area contributed by atoms with Crippen molar-refractivity contribution in [1.82, 2.24) is 10.6 Å².